The van der Waals surface area contributed by atoms with Gasteiger partial charge in [0, 0.05) is 25.0 Å². The van der Waals surface area contributed by atoms with Gasteiger partial charge >= 0.3 is 0 Å². The fourth-order valence-electron chi connectivity index (χ4n) is 3.59. The van der Waals surface area contributed by atoms with E-state index in [9.17, 15) is 5.26 Å². The van der Waals surface area contributed by atoms with E-state index < -0.39 is 0 Å². The highest BCUT2D eigenvalue weighted by atomic mass is 16.3. The maximum absolute atomic E-state index is 9.27. The lowest BCUT2D eigenvalue weighted by Crippen LogP contribution is -2.48. The van der Waals surface area contributed by atoms with Crippen LogP contribution in [0.5, 0.6) is 0 Å². The van der Waals surface area contributed by atoms with Crippen LogP contribution in [0.25, 0.3) is 0 Å². The lowest BCUT2D eigenvalue weighted by Gasteiger charge is -2.22. The van der Waals surface area contributed by atoms with Crippen LogP contribution >= 0.6 is 0 Å². The van der Waals surface area contributed by atoms with E-state index in [0.29, 0.717) is 12.6 Å². The first-order valence-corrected chi connectivity index (χ1v) is 8.84. The van der Waals surface area contributed by atoms with Crippen molar-refractivity contribution in [3.63, 3.8) is 0 Å². The molecule has 124 valence electrons. The van der Waals surface area contributed by atoms with Crippen molar-refractivity contribution in [1.82, 2.24) is 10.6 Å². The molecule has 2 aliphatic rings. The van der Waals surface area contributed by atoms with E-state index in [1.54, 1.807) is 6.26 Å². The molecule has 3 rings (SSSR count). The summed E-state index contributed by atoms with van der Waals surface area (Å²) in [5.74, 6) is 1.94. The zero-order chi connectivity index (χ0) is 15.9. The third-order valence-corrected chi connectivity index (χ3v) is 4.91. The SMILES string of the molecule is N#CC1CCCC1NC(=NCCc1ccco1)NC1CCCC1. The molecule has 1 aromatic rings. The molecule has 2 atom stereocenters. The average molecular weight is 314 g/mol. The van der Waals surface area contributed by atoms with Crippen LogP contribution < -0.4 is 10.6 Å². The average Bonchev–Trinajstić information content (AvgIpc) is 3.29. The van der Waals surface area contributed by atoms with Crippen LogP contribution in [0.3, 0.4) is 0 Å². The summed E-state index contributed by atoms with van der Waals surface area (Å²) in [5.41, 5.74) is 0. The van der Waals surface area contributed by atoms with Crippen molar-refractivity contribution in [3.05, 3.63) is 24.2 Å². The monoisotopic (exact) mass is 314 g/mol. The molecule has 0 amide bonds. The van der Waals surface area contributed by atoms with E-state index in [0.717, 1.165) is 37.4 Å². The molecule has 0 radical (unpaired) electrons. The fraction of sp³-hybridized carbons (Fsp3) is 0.667. The molecule has 5 heteroatoms. The predicted octanol–water partition coefficient (Wildman–Crippen LogP) is 2.99. The van der Waals surface area contributed by atoms with E-state index in [1.165, 1.54) is 25.7 Å². The number of guanidine groups is 1. The van der Waals surface area contributed by atoms with E-state index in [-0.39, 0.29) is 12.0 Å². The van der Waals surface area contributed by atoms with Crippen LogP contribution in [-0.2, 0) is 6.42 Å². The van der Waals surface area contributed by atoms with Gasteiger partial charge in [0.25, 0.3) is 0 Å². The van der Waals surface area contributed by atoms with Crippen molar-refractivity contribution in [2.75, 3.05) is 6.54 Å². The summed E-state index contributed by atoms with van der Waals surface area (Å²) in [5, 5.41) is 16.3. The van der Waals surface area contributed by atoms with Crippen LogP contribution in [0.4, 0.5) is 0 Å². The van der Waals surface area contributed by atoms with Gasteiger partial charge in [0.15, 0.2) is 5.96 Å². The Morgan fingerprint density at radius 1 is 1.22 bits per heavy atom. The number of hydrogen-bond acceptors (Lipinski definition) is 3. The van der Waals surface area contributed by atoms with Crippen molar-refractivity contribution in [1.29, 1.82) is 5.26 Å². The summed E-state index contributed by atoms with van der Waals surface area (Å²) in [6, 6.07) is 7.07. The van der Waals surface area contributed by atoms with Gasteiger partial charge in [-0.05, 0) is 44.2 Å². The molecule has 0 spiro atoms. The van der Waals surface area contributed by atoms with Crippen LogP contribution in [-0.4, -0.2) is 24.6 Å². The number of aliphatic imine (C=N–C) groups is 1. The standard InChI is InChI=1S/C18H26N4O/c19-13-14-5-3-9-17(14)22-18(21-15-6-1-2-7-15)20-11-10-16-8-4-12-23-16/h4,8,12,14-15,17H,1-3,5-7,9-11H2,(H2,20,21,22). The smallest absolute Gasteiger partial charge is 0.191 e. The van der Waals surface area contributed by atoms with E-state index in [2.05, 4.69) is 16.7 Å². The lowest BCUT2D eigenvalue weighted by atomic mass is 10.1. The molecule has 0 bridgehead atoms. The number of rotatable bonds is 5. The van der Waals surface area contributed by atoms with Gasteiger partial charge in [-0.3, -0.25) is 4.99 Å². The number of nitrogens with one attached hydrogen (secondary N) is 2. The molecule has 0 saturated heterocycles. The Kier molecular flexibility index (Phi) is 5.57. The first-order chi connectivity index (χ1) is 11.3. The van der Waals surface area contributed by atoms with Crippen molar-refractivity contribution >= 4 is 5.96 Å². The van der Waals surface area contributed by atoms with Crippen LogP contribution in [0.1, 0.15) is 50.7 Å². The third-order valence-electron chi connectivity index (χ3n) is 4.91. The zero-order valence-corrected chi connectivity index (χ0v) is 13.6. The largest absolute Gasteiger partial charge is 0.469 e. The number of hydrogen-bond donors (Lipinski definition) is 2. The van der Waals surface area contributed by atoms with Crippen molar-refractivity contribution < 1.29 is 4.42 Å². The summed E-state index contributed by atoms with van der Waals surface area (Å²) in [6.07, 6.45) is 10.7. The quantitative estimate of drug-likeness (QED) is 0.647. The summed E-state index contributed by atoms with van der Waals surface area (Å²) in [7, 11) is 0. The van der Waals surface area contributed by atoms with Gasteiger partial charge in [-0.2, -0.15) is 5.26 Å². The molecule has 2 N–H and O–H groups in total. The van der Waals surface area contributed by atoms with Crippen molar-refractivity contribution in [2.45, 2.75) is 63.5 Å². The Hall–Kier alpha value is -1.96. The van der Waals surface area contributed by atoms with E-state index in [4.69, 9.17) is 9.41 Å². The molecule has 1 heterocycles. The van der Waals surface area contributed by atoms with Crippen LogP contribution in [0.2, 0.25) is 0 Å². The molecule has 2 saturated carbocycles. The van der Waals surface area contributed by atoms with Crippen LogP contribution in [0.15, 0.2) is 27.8 Å². The first kappa shape index (κ1) is 15.9. The van der Waals surface area contributed by atoms with Gasteiger partial charge in [-0.25, -0.2) is 0 Å². The maximum Gasteiger partial charge on any atom is 0.191 e. The zero-order valence-electron chi connectivity index (χ0n) is 13.6. The second kappa shape index (κ2) is 8.05. The second-order valence-corrected chi connectivity index (χ2v) is 6.60. The molecule has 2 fully saturated rings. The minimum Gasteiger partial charge on any atom is -0.469 e. The number of nitrogens with zero attached hydrogens (tertiary/aromatic N) is 2. The lowest BCUT2D eigenvalue weighted by molar-refractivity contribution is 0.506. The van der Waals surface area contributed by atoms with Gasteiger partial charge < -0.3 is 15.1 Å². The predicted molar refractivity (Wildman–Crippen MR) is 90.0 cm³/mol. The topological polar surface area (TPSA) is 73.3 Å². The van der Waals surface area contributed by atoms with Gasteiger partial charge in [0.05, 0.1) is 18.3 Å². The molecule has 1 aromatic heterocycles. The fourth-order valence-corrected chi connectivity index (χ4v) is 3.59. The Balaban J connectivity index is 1.59. The summed E-state index contributed by atoms with van der Waals surface area (Å²) in [6.45, 7) is 0.694. The van der Waals surface area contributed by atoms with Gasteiger partial charge in [0.1, 0.15) is 5.76 Å². The molecule has 0 aromatic carbocycles. The second-order valence-electron chi connectivity index (χ2n) is 6.60. The Morgan fingerprint density at radius 3 is 2.83 bits per heavy atom. The molecule has 5 nitrogen and oxygen atoms in total. The van der Waals surface area contributed by atoms with Crippen LogP contribution in [0, 0.1) is 17.2 Å². The summed E-state index contributed by atoms with van der Waals surface area (Å²) >= 11 is 0. The molecule has 23 heavy (non-hydrogen) atoms. The molecule has 2 unspecified atom stereocenters. The highest BCUT2D eigenvalue weighted by Gasteiger charge is 2.28. The maximum atomic E-state index is 9.27. The molecule has 0 aliphatic heterocycles. The van der Waals surface area contributed by atoms with E-state index in [1.807, 2.05) is 12.1 Å². The highest BCUT2D eigenvalue weighted by molar-refractivity contribution is 5.80. The summed E-state index contributed by atoms with van der Waals surface area (Å²) in [4.78, 5) is 4.72. The van der Waals surface area contributed by atoms with Gasteiger partial charge in [0.2, 0.25) is 0 Å². The Labute approximate surface area is 138 Å². The molecular weight excluding hydrogens is 288 g/mol. The number of nitriles is 1. The van der Waals surface area contributed by atoms with Gasteiger partial charge in [-0.15, -0.1) is 0 Å². The van der Waals surface area contributed by atoms with Crippen molar-refractivity contribution in [3.8, 4) is 6.07 Å². The van der Waals surface area contributed by atoms with E-state index >= 15 is 0 Å². The minimum atomic E-state index is 0.107. The molecular formula is C18H26N4O. The highest BCUT2D eigenvalue weighted by Crippen LogP contribution is 2.25. The van der Waals surface area contributed by atoms with Gasteiger partial charge in [-0.1, -0.05) is 12.8 Å². The Morgan fingerprint density at radius 2 is 2.09 bits per heavy atom. The minimum absolute atomic E-state index is 0.107. The number of furan rings is 1. The normalized spacial score (nSPS) is 25.4. The van der Waals surface area contributed by atoms with Crippen molar-refractivity contribution in [2.24, 2.45) is 10.9 Å². The summed E-state index contributed by atoms with van der Waals surface area (Å²) < 4.78 is 5.36. The first-order valence-electron chi connectivity index (χ1n) is 8.84. The third kappa shape index (κ3) is 4.51. The Bertz CT molecular complexity index is 540. The molecule has 2 aliphatic carbocycles.